The van der Waals surface area contributed by atoms with Gasteiger partial charge >= 0.3 is 11.9 Å². The Hall–Kier alpha value is -1.85. The minimum absolute atomic E-state index is 0.0787. The van der Waals surface area contributed by atoms with Crippen LogP contribution in [-0.4, -0.2) is 30.6 Å². The molecule has 1 aliphatic carbocycles. The third-order valence-electron chi connectivity index (χ3n) is 3.86. The predicted molar refractivity (Wildman–Crippen MR) is 76.4 cm³/mol. The van der Waals surface area contributed by atoms with E-state index in [0.29, 0.717) is 19.3 Å². The number of esters is 2. The molecule has 0 radical (unpaired) electrons. The third-order valence-corrected chi connectivity index (χ3v) is 3.86. The van der Waals surface area contributed by atoms with Crippen molar-refractivity contribution < 1.29 is 29.0 Å². The van der Waals surface area contributed by atoms with E-state index in [1.54, 1.807) is 6.92 Å². The smallest absolute Gasteiger partial charge is 0.333 e. The SMILES string of the molecule is C=C(C)C(=O)OC(CC)COC(=O)C1CCCCC1C(=O)[O-]. The standard InChI is InChI=1S/C16H24O6/c1-4-11(22-15(19)10(2)3)9-21-16(20)13-8-6-5-7-12(13)14(17)18/h11-13H,2,4-9H2,1,3H3,(H,17,18)/p-1. The van der Waals surface area contributed by atoms with E-state index >= 15 is 0 Å². The third kappa shape index (κ3) is 5.16. The second-order valence-electron chi connectivity index (χ2n) is 5.66. The number of aliphatic carboxylic acids is 1. The van der Waals surface area contributed by atoms with E-state index in [0.717, 1.165) is 12.8 Å². The van der Waals surface area contributed by atoms with Gasteiger partial charge in [0.15, 0.2) is 0 Å². The number of carboxylic acid groups (broad SMARTS) is 1. The number of rotatable bonds is 7. The number of hydrogen-bond donors (Lipinski definition) is 0. The number of carbonyl (C=O) groups is 3. The first-order valence-corrected chi connectivity index (χ1v) is 7.60. The Balaban J connectivity index is 2.53. The zero-order valence-corrected chi connectivity index (χ0v) is 13.1. The summed E-state index contributed by atoms with van der Waals surface area (Å²) < 4.78 is 10.3. The molecule has 0 N–H and O–H groups in total. The van der Waals surface area contributed by atoms with Crippen molar-refractivity contribution in [1.82, 2.24) is 0 Å². The van der Waals surface area contributed by atoms with Gasteiger partial charge in [0.05, 0.1) is 5.92 Å². The van der Waals surface area contributed by atoms with Crippen LogP contribution in [0, 0.1) is 11.8 Å². The lowest BCUT2D eigenvalue weighted by atomic mass is 9.79. The van der Waals surface area contributed by atoms with Gasteiger partial charge in [-0.1, -0.05) is 26.3 Å². The molecule has 3 atom stereocenters. The molecule has 1 fully saturated rings. The highest BCUT2D eigenvalue weighted by molar-refractivity contribution is 5.87. The predicted octanol–water partition coefficient (Wildman–Crippen LogP) is 0.984. The molecule has 0 aromatic heterocycles. The Kier molecular flexibility index (Phi) is 7.08. The van der Waals surface area contributed by atoms with E-state index in [1.165, 1.54) is 6.92 Å². The average Bonchev–Trinajstić information content (AvgIpc) is 2.50. The van der Waals surface area contributed by atoms with Crippen molar-refractivity contribution >= 4 is 17.9 Å². The molecule has 0 saturated heterocycles. The van der Waals surface area contributed by atoms with Gasteiger partial charge in [0.25, 0.3) is 0 Å². The Bertz CT molecular complexity index is 442. The van der Waals surface area contributed by atoms with Crippen molar-refractivity contribution in [1.29, 1.82) is 0 Å². The van der Waals surface area contributed by atoms with Gasteiger partial charge in [0, 0.05) is 17.5 Å². The highest BCUT2D eigenvalue weighted by Crippen LogP contribution is 2.30. The number of carbonyl (C=O) groups excluding carboxylic acids is 3. The number of carboxylic acids is 1. The van der Waals surface area contributed by atoms with Gasteiger partial charge in [0.2, 0.25) is 0 Å². The number of ether oxygens (including phenoxy) is 2. The molecule has 1 aliphatic rings. The molecule has 0 aromatic carbocycles. The Morgan fingerprint density at radius 2 is 1.82 bits per heavy atom. The maximum absolute atomic E-state index is 12.1. The minimum atomic E-state index is -1.21. The van der Waals surface area contributed by atoms with Gasteiger partial charge in [-0.25, -0.2) is 4.79 Å². The summed E-state index contributed by atoms with van der Waals surface area (Å²) in [6.07, 6.45) is 2.42. The van der Waals surface area contributed by atoms with Crippen molar-refractivity contribution in [3.05, 3.63) is 12.2 Å². The fourth-order valence-corrected chi connectivity index (χ4v) is 2.46. The van der Waals surface area contributed by atoms with Gasteiger partial charge in [-0.15, -0.1) is 0 Å². The molecule has 0 aromatic rings. The molecule has 3 unspecified atom stereocenters. The largest absolute Gasteiger partial charge is 0.550 e. The Morgan fingerprint density at radius 1 is 1.23 bits per heavy atom. The van der Waals surface area contributed by atoms with Crippen LogP contribution in [0.3, 0.4) is 0 Å². The molecular weight excluding hydrogens is 288 g/mol. The summed E-state index contributed by atoms with van der Waals surface area (Å²) in [6.45, 7) is 6.74. The average molecular weight is 311 g/mol. The summed E-state index contributed by atoms with van der Waals surface area (Å²) in [6, 6.07) is 0. The first-order valence-electron chi connectivity index (χ1n) is 7.60. The van der Waals surface area contributed by atoms with Gasteiger partial charge in [0.1, 0.15) is 12.7 Å². The molecule has 6 nitrogen and oxygen atoms in total. The second-order valence-corrected chi connectivity index (χ2v) is 5.66. The van der Waals surface area contributed by atoms with Crippen LogP contribution in [-0.2, 0) is 23.9 Å². The molecule has 1 saturated carbocycles. The van der Waals surface area contributed by atoms with Crippen molar-refractivity contribution in [2.24, 2.45) is 11.8 Å². The van der Waals surface area contributed by atoms with Crippen LogP contribution in [0.5, 0.6) is 0 Å². The summed E-state index contributed by atoms with van der Waals surface area (Å²) in [7, 11) is 0. The Labute approximate surface area is 130 Å². The van der Waals surface area contributed by atoms with Crippen LogP contribution < -0.4 is 5.11 Å². The van der Waals surface area contributed by atoms with Crippen molar-refractivity contribution in [3.8, 4) is 0 Å². The molecule has 0 spiro atoms. The molecule has 22 heavy (non-hydrogen) atoms. The fourth-order valence-electron chi connectivity index (χ4n) is 2.46. The van der Waals surface area contributed by atoms with Crippen LogP contribution in [0.2, 0.25) is 0 Å². The van der Waals surface area contributed by atoms with E-state index in [-0.39, 0.29) is 12.2 Å². The lowest BCUT2D eigenvalue weighted by Crippen LogP contribution is -2.41. The summed E-state index contributed by atoms with van der Waals surface area (Å²) in [4.78, 5) is 34.6. The molecule has 0 bridgehead atoms. The fraction of sp³-hybridized carbons (Fsp3) is 0.688. The normalized spacial score (nSPS) is 22.5. The van der Waals surface area contributed by atoms with E-state index in [4.69, 9.17) is 9.47 Å². The summed E-state index contributed by atoms with van der Waals surface area (Å²) >= 11 is 0. The van der Waals surface area contributed by atoms with E-state index in [1.807, 2.05) is 0 Å². The molecule has 0 amide bonds. The van der Waals surface area contributed by atoms with Crippen molar-refractivity contribution in [3.63, 3.8) is 0 Å². The van der Waals surface area contributed by atoms with Crippen molar-refractivity contribution in [2.45, 2.75) is 52.1 Å². The zero-order chi connectivity index (χ0) is 16.7. The van der Waals surface area contributed by atoms with Crippen LogP contribution in [0.25, 0.3) is 0 Å². The highest BCUT2D eigenvalue weighted by atomic mass is 16.6. The number of hydrogen-bond acceptors (Lipinski definition) is 6. The van der Waals surface area contributed by atoms with E-state index in [2.05, 4.69) is 6.58 Å². The van der Waals surface area contributed by atoms with Crippen LogP contribution >= 0.6 is 0 Å². The van der Waals surface area contributed by atoms with Gasteiger partial charge < -0.3 is 19.4 Å². The monoisotopic (exact) mass is 311 g/mol. The quantitative estimate of drug-likeness (QED) is 0.514. The van der Waals surface area contributed by atoms with Gasteiger partial charge in [-0.2, -0.15) is 0 Å². The van der Waals surface area contributed by atoms with E-state index < -0.39 is 35.8 Å². The molecule has 0 heterocycles. The first kappa shape index (κ1) is 18.2. The van der Waals surface area contributed by atoms with Crippen molar-refractivity contribution in [2.75, 3.05) is 6.61 Å². The van der Waals surface area contributed by atoms with Crippen LogP contribution in [0.4, 0.5) is 0 Å². The summed E-state index contributed by atoms with van der Waals surface area (Å²) in [5.41, 5.74) is 0.272. The van der Waals surface area contributed by atoms with Crippen LogP contribution in [0.15, 0.2) is 12.2 Å². The molecule has 6 heteroatoms. The van der Waals surface area contributed by atoms with Gasteiger partial charge in [-0.05, 0) is 26.2 Å². The molecule has 0 aliphatic heterocycles. The maximum Gasteiger partial charge on any atom is 0.333 e. The first-order chi connectivity index (χ1) is 10.4. The summed E-state index contributed by atoms with van der Waals surface area (Å²) in [5.74, 6) is -3.76. The molecule has 124 valence electrons. The second kappa shape index (κ2) is 8.56. The lowest BCUT2D eigenvalue weighted by molar-refractivity contribution is -0.314. The zero-order valence-electron chi connectivity index (χ0n) is 13.1. The Morgan fingerprint density at radius 3 is 2.32 bits per heavy atom. The highest BCUT2D eigenvalue weighted by Gasteiger charge is 2.33. The summed E-state index contributed by atoms with van der Waals surface area (Å²) in [5, 5.41) is 11.1. The van der Waals surface area contributed by atoms with E-state index in [9.17, 15) is 19.5 Å². The molecular formula is C16H23O6-. The van der Waals surface area contributed by atoms with Gasteiger partial charge in [-0.3, -0.25) is 4.79 Å². The maximum atomic E-state index is 12.1. The minimum Gasteiger partial charge on any atom is -0.550 e. The van der Waals surface area contributed by atoms with Crippen LogP contribution in [0.1, 0.15) is 46.0 Å². The molecule has 1 rings (SSSR count). The lowest BCUT2D eigenvalue weighted by Gasteiger charge is -2.30. The topological polar surface area (TPSA) is 92.7 Å².